The first-order chi connectivity index (χ1) is 21.4. The Kier molecular flexibility index (Phi) is 8.39. The van der Waals surface area contributed by atoms with Gasteiger partial charge in [0, 0.05) is 24.3 Å². The van der Waals surface area contributed by atoms with Gasteiger partial charge in [-0.3, -0.25) is 9.36 Å². The van der Waals surface area contributed by atoms with E-state index in [1.54, 1.807) is 37.8 Å². The van der Waals surface area contributed by atoms with Gasteiger partial charge < -0.3 is 19.1 Å². The Labute approximate surface area is 260 Å². The first kappa shape index (κ1) is 29.4. The van der Waals surface area contributed by atoms with Crippen LogP contribution in [0.5, 0.6) is 11.5 Å². The molecular formula is C35H35N3O5S. The lowest BCUT2D eigenvalue weighted by Crippen LogP contribution is -2.40. The maximum atomic E-state index is 14.3. The quantitative estimate of drug-likeness (QED) is 0.266. The molecule has 0 saturated carbocycles. The number of benzene rings is 3. The van der Waals surface area contributed by atoms with E-state index in [-0.39, 0.29) is 17.7 Å². The van der Waals surface area contributed by atoms with E-state index in [4.69, 9.17) is 19.2 Å². The lowest BCUT2D eigenvalue weighted by Gasteiger charge is -2.26. The monoisotopic (exact) mass is 609 g/mol. The molecule has 44 heavy (non-hydrogen) atoms. The number of aryl methyl sites for hydroxylation is 1. The zero-order valence-electron chi connectivity index (χ0n) is 25.3. The van der Waals surface area contributed by atoms with Gasteiger partial charge in [-0.05, 0) is 73.7 Å². The molecule has 0 unspecified atom stereocenters. The standard InChI is InChI=1S/C35H35N3O5S/c1-5-43-34(40)30-31(23-11-7-6-8-12-23)36-35-38(32(30)25-14-16-27(41-3)28(20-25)42-4)33(39)29(44-35)21-24-13-15-26(19-22(24)2)37-17-9-10-18-37/h6-8,11-16,19-21,32H,5,9-10,17-18H2,1-4H3/b29-21+/t32-/m1/s1. The van der Waals surface area contributed by atoms with Gasteiger partial charge in [0.05, 0.1) is 42.7 Å². The predicted molar refractivity (Wildman–Crippen MR) is 173 cm³/mol. The summed E-state index contributed by atoms with van der Waals surface area (Å²) in [5.41, 5.74) is 5.23. The van der Waals surface area contributed by atoms with Crippen LogP contribution in [0, 0.1) is 6.92 Å². The van der Waals surface area contributed by atoms with Gasteiger partial charge in [-0.25, -0.2) is 9.79 Å². The van der Waals surface area contributed by atoms with Gasteiger partial charge in [0.1, 0.15) is 0 Å². The second kappa shape index (κ2) is 12.5. The fraction of sp³-hybridized carbons (Fsp3) is 0.286. The number of hydrogen-bond donors (Lipinski definition) is 0. The topological polar surface area (TPSA) is 82.4 Å². The normalized spacial score (nSPS) is 16.5. The average Bonchev–Trinajstić information content (AvgIpc) is 3.70. The summed E-state index contributed by atoms with van der Waals surface area (Å²) < 4.78 is 18.8. The van der Waals surface area contributed by atoms with Crippen LogP contribution in [-0.4, -0.2) is 44.5 Å². The van der Waals surface area contributed by atoms with E-state index < -0.39 is 12.0 Å². The Bertz CT molecular complexity index is 1920. The van der Waals surface area contributed by atoms with Gasteiger partial charge in [-0.15, -0.1) is 0 Å². The summed E-state index contributed by atoms with van der Waals surface area (Å²) >= 11 is 1.31. The number of anilines is 1. The highest BCUT2D eigenvalue weighted by Crippen LogP contribution is 2.38. The number of aromatic nitrogens is 1. The summed E-state index contributed by atoms with van der Waals surface area (Å²) in [5.74, 6) is 0.501. The average molecular weight is 610 g/mol. The lowest BCUT2D eigenvalue weighted by atomic mass is 9.93. The molecule has 0 spiro atoms. The molecule has 2 aliphatic heterocycles. The van der Waals surface area contributed by atoms with Crippen molar-refractivity contribution in [1.82, 2.24) is 4.57 Å². The molecule has 3 heterocycles. The molecule has 1 atom stereocenters. The van der Waals surface area contributed by atoms with Crippen LogP contribution in [0.2, 0.25) is 0 Å². The third kappa shape index (κ3) is 5.43. The van der Waals surface area contributed by atoms with Crippen molar-refractivity contribution in [2.24, 2.45) is 4.99 Å². The van der Waals surface area contributed by atoms with E-state index in [9.17, 15) is 9.59 Å². The summed E-state index contributed by atoms with van der Waals surface area (Å²) in [4.78, 5) is 35.8. The molecule has 9 heteroatoms. The van der Waals surface area contributed by atoms with Gasteiger partial charge in [0.15, 0.2) is 16.3 Å². The molecule has 0 aliphatic carbocycles. The first-order valence-electron chi connectivity index (χ1n) is 14.8. The van der Waals surface area contributed by atoms with Crippen LogP contribution in [0.15, 0.2) is 82.1 Å². The number of methoxy groups -OCH3 is 2. The molecule has 1 fully saturated rings. The maximum absolute atomic E-state index is 14.3. The lowest BCUT2D eigenvalue weighted by molar-refractivity contribution is -0.138. The van der Waals surface area contributed by atoms with E-state index in [2.05, 4.69) is 30.0 Å². The van der Waals surface area contributed by atoms with Crippen molar-refractivity contribution in [2.75, 3.05) is 38.8 Å². The number of rotatable bonds is 8. The van der Waals surface area contributed by atoms with E-state index in [1.807, 2.05) is 42.5 Å². The maximum Gasteiger partial charge on any atom is 0.338 e. The number of ether oxygens (including phenoxy) is 3. The SMILES string of the molecule is CCOC(=O)C1=C(c2ccccc2)N=c2s/c(=C/c3ccc(N4CCCC4)cc3C)c(=O)n2[C@@H]1c1ccc(OC)c(OC)c1. The third-order valence-electron chi connectivity index (χ3n) is 8.11. The molecule has 2 aliphatic rings. The van der Waals surface area contributed by atoms with Crippen molar-refractivity contribution in [3.63, 3.8) is 0 Å². The van der Waals surface area contributed by atoms with Crippen LogP contribution in [0.3, 0.4) is 0 Å². The molecule has 0 amide bonds. The van der Waals surface area contributed by atoms with Crippen molar-refractivity contribution in [3.05, 3.63) is 114 Å². The smallest absolute Gasteiger partial charge is 0.338 e. The highest BCUT2D eigenvalue weighted by molar-refractivity contribution is 7.07. The Morgan fingerprint density at radius 1 is 1.00 bits per heavy atom. The summed E-state index contributed by atoms with van der Waals surface area (Å²) in [5, 5.41) is 0. The van der Waals surface area contributed by atoms with Crippen molar-refractivity contribution in [1.29, 1.82) is 0 Å². The number of hydrogen-bond acceptors (Lipinski definition) is 8. The summed E-state index contributed by atoms with van der Waals surface area (Å²) in [6.07, 6.45) is 4.35. The van der Waals surface area contributed by atoms with Gasteiger partial charge in [0.25, 0.3) is 5.56 Å². The molecule has 8 nitrogen and oxygen atoms in total. The zero-order valence-corrected chi connectivity index (χ0v) is 26.1. The molecular weight excluding hydrogens is 574 g/mol. The van der Waals surface area contributed by atoms with Crippen molar-refractivity contribution in [2.45, 2.75) is 32.7 Å². The van der Waals surface area contributed by atoms with Gasteiger partial charge >= 0.3 is 5.97 Å². The predicted octanol–water partition coefficient (Wildman–Crippen LogP) is 4.86. The fourth-order valence-electron chi connectivity index (χ4n) is 5.91. The van der Waals surface area contributed by atoms with E-state index in [1.165, 1.54) is 29.9 Å². The number of carbonyl (C=O) groups excluding carboxylic acids is 1. The minimum Gasteiger partial charge on any atom is -0.493 e. The van der Waals surface area contributed by atoms with Crippen molar-refractivity contribution in [3.8, 4) is 11.5 Å². The Morgan fingerprint density at radius 3 is 2.43 bits per heavy atom. The number of nitrogens with zero attached hydrogens (tertiary/aromatic N) is 3. The first-order valence-corrected chi connectivity index (χ1v) is 15.6. The highest BCUT2D eigenvalue weighted by atomic mass is 32.1. The van der Waals surface area contributed by atoms with Crippen molar-refractivity contribution >= 4 is 34.8 Å². The van der Waals surface area contributed by atoms with E-state index in [0.29, 0.717) is 32.1 Å². The molecule has 6 rings (SSSR count). The second-order valence-electron chi connectivity index (χ2n) is 10.8. The number of fused-ring (bicyclic) bond motifs is 1. The van der Waals surface area contributed by atoms with Crippen LogP contribution in [0.1, 0.15) is 48.1 Å². The minimum absolute atomic E-state index is 0.181. The van der Waals surface area contributed by atoms with Gasteiger partial charge in [0.2, 0.25) is 0 Å². The van der Waals surface area contributed by atoms with Crippen LogP contribution >= 0.6 is 11.3 Å². The second-order valence-corrected chi connectivity index (χ2v) is 11.8. The molecule has 4 aromatic rings. The molecule has 0 bridgehead atoms. The fourth-order valence-corrected chi connectivity index (χ4v) is 6.91. The Balaban J connectivity index is 1.58. The van der Waals surface area contributed by atoms with Crippen LogP contribution in [0.4, 0.5) is 5.69 Å². The summed E-state index contributed by atoms with van der Waals surface area (Å²) in [6, 6.07) is 20.5. The van der Waals surface area contributed by atoms with Crippen LogP contribution < -0.4 is 29.3 Å². The molecule has 1 aromatic heterocycles. The van der Waals surface area contributed by atoms with Gasteiger partial charge in [-0.1, -0.05) is 53.8 Å². The molecule has 226 valence electrons. The van der Waals surface area contributed by atoms with Crippen LogP contribution in [-0.2, 0) is 9.53 Å². The largest absolute Gasteiger partial charge is 0.493 e. The number of thiazole rings is 1. The molecule has 1 saturated heterocycles. The zero-order chi connectivity index (χ0) is 30.8. The third-order valence-corrected chi connectivity index (χ3v) is 9.09. The minimum atomic E-state index is -0.805. The van der Waals surface area contributed by atoms with Crippen molar-refractivity contribution < 1.29 is 19.0 Å². The molecule has 3 aromatic carbocycles. The van der Waals surface area contributed by atoms with Gasteiger partial charge in [-0.2, -0.15) is 0 Å². The van der Waals surface area contributed by atoms with E-state index in [0.717, 1.165) is 29.8 Å². The Morgan fingerprint density at radius 2 is 1.75 bits per heavy atom. The number of esters is 1. The van der Waals surface area contributed by atoms with Crippen LogP contribution in [0.25, 0.3) is 11.8 Å². The molecule has 0 N–H and O–H groups in total. The molecule has 0 radical (unpaired) electrons. The summed E-state index contributed by atoms with van der Waals surface area (Å²) in [6.45, 7) is 6.15. The van der Waals surface area contributed by atoms with E-state index >= 15 is 0 Å². The Hall–Kier alpha value is -4.63. The highest BCUT2D eigenvalue weighted by Gasteiger charge is 2.35. The summed E-state index contributed by atoms with van der Waals surface area (Å²) in [7, 11) is 3.12. The number of carbonyl (C=O) groups is 1.